The van der Waals surface area contributed by atoms with Gasteiger partial charge in [0.15, 0.2) is 0 Å². The van der Waals surface area contributed by atoms with Crippen LogP contribution in [0, 0.1) is 0 Å². The number of anilines is 1. The second-order valence-electron chi connectivity index (χ2n) is 4.79. The molecular weight excluding hydrogens is 238 g/mol. The summed E-state index contributed by atoms with van der Waals surface area (Å²) in [5, 5.41) is 13.6. The maximum Gasteiger partial charge on any atom is 0.119 e. The van der Waals surface area contributed by atoms with Crippen molar-refractivity contribution in [2.24, 2.45) is 0 Å². The predicted molar refractivity (Wildman–Crippen MR) is 75.8 cm³/mol. The minimum atomic E-state index is -0.429. The van der Waals surface area contributed by atoms with Crippen LogP contribution in [0.15, 0.2) is 48.5 Å². The van der Waals surface area contributed by atoms with Crippen molar-refractivity contribution < 1.29 is 9.84 Å². The number of nitrogens with one attached hydrogen (secondary N) is 1. The molecule has 0 bridgehead atoms. The Balaban J connectivity index is 2.10. The van der Waals surface area contributed by atoms with Crippen LogP contribution in [0.3, 0.4) is 0 Å². The third kappa shape index (κ3) is 2.17. The van der Waals surface area contributed by atoms with Crippen molar-refractivity contribution >= 4 is 5.69 Å². The Labute approximate surface area is 112 Å². The van der Waals surface area contributed by atoms with E-state index in [2.05, 4.69) is 17.4 Å². The maximum absolute atomic E-state index is 10.3. The summed E-state index contributed by atoms with van der Waals surface area (Å²) >= 11 is 0. The van der Waals surface area contributed by atoms with Gasteiger partial charge in [0.05, 0.1) is 13.2 Å². The molecule has 1 aliphatic rings. The summed E-state index contributed by atoms with van der Waals surface area (Å²) in [4.78, 5) is 0. The lowest BCUT2D eigenvalue weighted by atomic mass is 9.83. The zero-order valence-corrected chi connectivity index (χ0v) is 10.8. The summed E-state index contributed by atoms with van der Waals surface area (Å²) in [6.45, 7) is 0.568. The number of methoxy groups -OCH3 is 1. The molecule has 0 aromatic heterocycles. The molecule has 0 amide bonds. The number of fused-ring (bicyclic) bond motifs is 1. The minimum absolute atomic E-state index is 0.00690. The van der Waals surface area contributed by atoms with Crippen molar-refractivity contribution in [2.45, 2.75) is 12.0 Å². The molecule has 0 saturated heterocycles. The molecule has 19 heavy (non-hydrogen) atoms. The van der Waals surface area contributed by atoms with Crippen LogP contribution in [0.25, 0.3) is 0 Å². The highest BCUT2D eigenvalue weighted by Gasteiger charge is 2.29. The van der Waals surface area contributed by atoms with E-state index >= 15 is 0 Å². The Kier molecular flexibility index (Phi) is 3.13. The number of hydrogen-bond donors (Lipinski definition) is 2. The van der Waals surface area contributed by atoms with Gasteiger partial charge < -0.3 is 15.2 Å². The van der Waals surface area contributed by atoms with Crippen LogP contribution in [-0.4, -0.2) is 24.9 Å². The second kappa shape index (κ2) is 4.94. The standard InChI is InChI=1S/C16H17NO2/c1-19-12-7-8-14-13(9-12)16(15(18)10-17-14)11-5-3-2-4-6-11/h2-9,15-18H,10H2,1H3/t15-,16-/m0/s1. The van der Waals surface area contributed by atoms with Crippen LogP contribution in [0.2, 0.25) is 0 Å². The molecule has 3 heteroatoms. The van der Waals surface area contributed by atoms with Crippen molar-refractivity contribution in [1.82, 2.24) is 0 Å². The maximum atomic E-state index is 10.3. The van der Waals surface area contributed by atoms with Crippen molar-refractivity contribution in [3.8, 4) is 5.75 Å². The van der Waals surface area contributed by atoms with Crippen LogP contribution in [0.4, 0.5) is 5.69 Å². The molecule has 0 fully saturated rings. The van der Waals surface area contributed by atoms with E-state index in [0.717, 1.165) is 22.6 Å². The smallest absolute Gasteiger partial charge is 0.119 e. The Bertz CT molecular complexity index is 568. The molecule has 0 saturated carbocycles. The topological polar surface area (TPSA) is 41.5 Å². The highest BCUT2D eigenvalue weighted by atomic mass is 16.5. The van der Waals surface area contributed by atoms with Crippen LogP contribution < -0.4 is 10.1 Å². The highest BCUT2D eigenvalue weighted by molar-refractivity contribution is 5.60. The summed E-state index contributed by atoms with van der Waals surface area (Å²) in [7, 11) is 1.66. The lowest BCUT2D eigenvalue weighted by Crippen LogP contribution is -2.32. The van der Waals surface area contributed by atoms with Gasteiger partial charge in [0.25, 0.3) is 0 Å². The summed E-state index contributed by atoms with van der Waals surface area (Å²) < 4.78 is 5.29. The van der Waals surface area contributed by atoms with Gasteiger partial charge in [-0.2, -0.15) is 0 Å². The molecular formula is C16H17NO2. The predicted octanol–water partition coefficient (Wildman–Crippen LogP) is 2.61. The summed E-state index contributed by atoms with van der Waals surface area (Å²) in [5.41, 5.74) is 3.29. The molecule has 1 aliphatic heterocycles. The van der Waals surface area contributed by atoms with E-state index in [4.69, 9.17) is 4.74 Å². The van der Waals surface area contributed by atoms with Gasteiger partial charge in [-0.3, -0.25) is 0 Å². The number of benzene rings is 2. The van der Waals surface area contributed by atoms with Crippen LogP contribution in [-0.2, 0) is 0 Å². The third-order valence-corrected chi connectivity index (χ3v) is 3.64. The van der Waals surface area contributed by atoms with Gasteiger partial charge in [0.1, 0.15) is 5.75 Å². The number of ether oxygens (including phenoxy) is 1. The molecule has 1 heterocycles. The van der Waals surface area contributed by atoms with Gasteiger partial charge in [-0.25, -0.2) is 0 Å². The molecule has 2 aromatic rings. The molecule has 3 nitrogen and oxygen atoms in total. The normalized spacial score (nSPS) is 21.4. The van der Waals surface area contributed by atoms with E-state index in [1.54, 1.807) is 7.11 Å². The fourth-order valence-corrected chi connectivity index (χ4v) is 2.69. The first kappa shape index (κ1) is 12.1. The highest BCUT2D eigenvalue weighted by Crippen LogP contribution is 2.38. The zero-order chi connectivity index (χ0) is 13.2. The van der Waals surface area contributed by atoms with E-state index in [1.807, 2.05) is 36.4 Å². The first-order chi connectivity index (χ1) is 9.29. The molecule has 0 radical (unpaired) electrons. The van der Waals surface area contributed by atoms with Crippen LogP contribution in [0.5, 0.6) is 5.75 Å². The quantitative estimate of drug-likeness (QED) is 0.866. The Morgan fingerprint density at radius 1 is 1.16 bits per heavy atom. The molecule has 2 atom stereocenters. The van der Waals surface area contributed by atoms with E-state index < -0.39 is 6.10 Å². The molecule has 2 aromatic carbocycles. The number of rotatable bonds is 2. The monoisotopic (exact) mass is 255 g/mol. The number of aliphatic hydroxyl groups excluding tert-OH is 1. The summed E-state index contributed by atoms with van der Waals surface area (Å²) in [5.74, 6) is 0.808. The van der Waals surface area contributed by atoms with Gasteiger partial charge in [-0.05, 0) is 29.3 Å². The van der Waals surface area contributed by atoms with Gasteiger partial charge >= 0.3 is 0 Å². The Hall–Kier alpha value is -2.00. The van der Waals surface area contributed by atoms with Crippen LogP contribution >= 0.6 is 0 Å². The minimum Gasteiger partial charge on any atom is -0.497 e. The van der Waals surface area contributed by atoms with Gasteiger partial charge in [-0.15, -0.1) is 0 Å². The summed E-state index contributed by atoms with van der Waals surface area (Å²) in [6, 6.07) is 16.1. The first-order valence-corrected chi connectivity index (χ1v) is 6.44. The van der Waals surface area contributed by atoms with Gasteiger partial charge in [-0.1, -0.05) is 30.3 Å². The van der Waals surface area contributed by atoms with Crippen molar-refractivity contribution in [2.75, 3.05) is 19.0 Å². The first-order valence-electron chi connectivity index (χ1n) is 6.44. The molecule has 0 spiro atoms. The second-order valence-corrected chi connectivity index (χ2v) is 4.79. The summed E-state index contributed by atoms with van der Waals surface area (Å²) in [6.07, 6.45) is -0.429. The van der Waals surface area contributed by atoms with E-state index in [1.165, 1.54) is 0 Å². The average molecular weight is 255 g/mol. The average Bonchev–Trinajstić information content (AvgIpc) is 2.47. The largest absolute Gasteiger partial charge is 0.497 e. The SMILES string of the molecule is COc1ccc2c(c1)[C@H](c1ccccc1)[C@@H](O)CN2. The number of hydrogen-bond acceptors (Lipinski definition) is 3. The van der Waals surface area contributed by atoms with Crippen molar-refractivity contribution in [3.05, 3.63) is 59.7 Å². The molecule has 0 aliphatic carbocycles. The van der Waals surface area contributed by atoms with Gasteiger partial charge in [0.2, 0.25) is 0 Å². The lowest BCUT2D eigenvalue weighted by molar-refractivity contribution is 0.165. The molecule has 0 unspecified atom stereocenters. The third-order valence-electron chi connectivity index (χ3n) is 3.64. The molecule has 98 valence electrons. The lowest BCUT2D eigenvalue weighted by Gasteiger charge is -2.32. The van der Waals surface area contributed by atoms with Crippen molar-refractivity contribution in [1.29, 1.82) is 0 Å². The molecule has 2 N–H and O–H groups in total. The van der Waals surface area contributed by atoms with E-state index in [0.29, 0.717) is 6.54 Å². The number of aliphatic hydroxyl groups is 1. The molecule has 3 rings (SSSR count). The Morgan fingerprint density at radius 2 is 1.95 bits per heavy atom. The van der Waals surface area contributed by atoms with Crippen LogP contribution in [0.1, 0.15) is 17.0 Å². The fraction of sp³-hybridized carbons (Fsp3) is 0.250. The van der Waals surface area contributed by atoms with Gasteiger partial charge in [0, 0.05) is 18.2 Å². The fourth-order valence-electron chi connectivity index (χ4n) is 2.69. The zero-order valence-electron chi connectivity index (χ0n) is 10.8. The van der Waals surface area contributed by atoms with E-state index in [-0.39, 0.29) is 5.92 Å². The number of β-amino-alcohol motifs (C(OH)–C–C–N with tert-alkyl or cyclic N) is 1. The van der Waals surface area contributed by atoms with Crippen molar-refractivity contribution in [3.63, 3.8) is 0 Å². The Morgan fingerprint density at radius 3 is 2.68 bits per heavy atom. The van der Waals surface area contributed by atoms with E-state index in [9.17, 15) is 5.11 Å².